The molecule has 0 spiro atoms. The first-order chi connectivity index (χ1) is 14.9. The van der Waals surface area contributed by atoms with E-state index in [1.165, 1.54) is 18.4 Å². The van der Waals surface area contributed by atoms with Crippen LogP contribution in [0.3, 0.4) is 0 Å². The van der Waals surface area contributed by atoms with E-state index in [0.29, 0.717) is 5.92 Å². The lowest BCUT2D eigenvalue weighted by atomic mass is 9.89. The average Bonchev–Trinajstić information content (AvgIpc) is 3.43. The standard InChI is InChI=1S/C24H22N6/c1-2-8-27-20(3-1)19-13-26-14-23-17(19)12-22(28-23)24-18-11-16(4-5-21(18)29-30-24)15-6-9-25-10-7-15/h1-5,8,11-15,25,28H,6-7,9-10H2,(H,29,30). The number of piperidine rings is 1. The van der Waals surface area contributed by atoms with Crippen molar-refractivity contribution in [3.63, 3.8) is 0 Å². The number of aromatic amines is 2. The van der Waals surface area contributed by atoms with Gasteiger partial charge in [-0.15, -0.1) is 0 Å². The van der Waals surface area contributed by atoms with Crippen LogP contribution in [-0.2, 0) is 0 Å². The Kier molecular flexibility index (Phi) is 4.09. The van der Waals surface area contributed by atoms with E-state index in [9.17, 15) is 0 Å². The minimum absolute atomic E-state index is 0.612. The van der Waals surface area contributed by atoms with Crippen LogP contribution in [0, 0.1) is 0 Å². The summed E-state index contributed by atoms with van der Waals surface area (Å²) in [6, 6.07) is 14.8. The molecule has 1 aliphatic heterocycles. The summed E-state index contributed by atoms with van der Waals surface area (Å²) in [6.07, 6.45) is 7.92. The zero-order chi connectivity index (χ0) is 19.9. The predicted molar refractivity (Wildman–Crippen MR) is 119 cm³/mol. The molecular formula is C24H22N6. The van der Waals surface area contributed by atoms with Gasteiger partial charge in [0.25, 0.3) is 0 Å². The average molecular weight is 394 g/mol. The third kappa shape index (κ3) is 2.88. The second kappa shape index (κ2) is 7.07. The van der Waals surface area contributed by atoms with Crippen LogP contribution in [0.25, 0.3) is 44.5 Å². The molecule has 148 valence electrons. The van der Waals surface area contributed by atoms with Gasteiger partial charge in [0.2, 0.25) is 0 Å². The molecule has 3 N–H and O–H groups in total. The van der Waals surface area contributed by atoms with Crippen molar-refractivity contribution >= 4 is 21.8 Å². The predicted octanol–water partition coefficient (Wildman–Crippen LogP) is 4.64. The third-order valence-electron chi connectivity index (χ3n) is 6.14. The van der Waals surface area contributed by atoms with Crippen LogP contribution in [0.4, 0.5) is 0 Å². The first-order valence-corrected chi connectivity index (χ1v) is 10.4. The van der Waals surface area contributed by atoms with Crippen LogP contribution in [0.1, 0.15) is 24.3 Å². The quantitative estimate of drug-likeness (QED) is 0.416. The molecule has 0 aliphatic carbocycles. The zero-order valence-corrected chi connectivity index (χ0v) is 16.5. The number of aromatic nitrogens is 5. The van der Waals surface area contributed by atoms with Crippen molar-refractivity contribution in [1.29, 1.82) is 0 Å². The van der Waals surface area contributed by atoms with Crippen LogP contribution in [0.5, 0.6) is 0 Å². The molecule has 1 aromatic carbocycles. The Morgan fingerprint density at radius 2 is 1.83 bits per heavy atom. The zero-order valence-electron chi connectivity index (χ0n) is 16.5. The second-order valence-electron chi connectivity index (χ2n) is 7.95. The molecule has 5 aromatic rings. The summed E-state index contributed by atoms with van der Waals surface area (Å²) in [4.78, 5) is 12.4. The largest absolute Gasteiger partial charge is 0.352 e. The Morgan fingerprint density at radius 1 is 0.900 bits per heavy atom. The Balaban J connectivity index is 1.47. The van der Waals surface area contributed by atoms with Crippen molar-refractivity contribution in [2.45, 2.75) is 18.8 Å². The van der Waals surface area contributed by atoms with Gasteiger partial charge >= 0.3 is 0 Å². The van der Waals surface area contributed by atoms with Gasteiger partial charge < -0.3 is 10.3 Å². The molecule has 0 unspecified atom stereocenters. The lowest BCUT2D eigenvalue weighted by molar-refractivity contribution is 0.460. The van der Waals surface area contributed by atoms with E-state index in [2.05, 4.69) is 54.7 Å². The number of hydrogen-bond donors (Lipinski definition) is 3. The number of rotatable bonds is 3. The molecule has 0 amide bonds. The van der Waals surface area contributed by atoms with Gasteiger partial charge in [-0.1, -0.05) is 12.1 Å². The highest BCUT2D eigenvalue weighted by Gasteiger charge is 2.18. The maximum absolute atomic E-state index is 4.64. The van der Waals surface area contributed by atoms with Crippen LogP contribution in [0.2, 0.25) is 0 Å². The van der Waals surface area contributed by atoms with Crippen molar-refractivity contribution in [3.8, 4) is 22.6 Å². The highest BCUT2D eigenvalue weighted by atomic mass is 15.1. The van der Waals surface area contributed by atoms with E-state index >= 15 is 0 Å². The van der Waals surface area contributed by atoms with Crippen molar-refractivity contribution in [1.82, 2.24) is 30.5 Å². The smallest absolute Gasteiger partial charge is 0.116 e. The fourth-order valence-corrected chi connectivity index (χ4v) is 4.55. The van der Waals surface area contributed by atoms with E-state index in [-0.39, 0.29) is 0 Å². The van der Waals surface area contributed by atoms with E-state index < -0.39 is 0 Å². The van der Waals surface area contributed by atoms with E-state index in [1.807, 2.05) is 36.8 Å². The van der Waals surface area contributed by atoms with Gasteiger partial charge in [-0.25, -0.2) is 0 Å². The highest BCUT2D eigenvalue weighted by Crippen LogP contribution is 2.34. The fraction of sp³-hybridized carbons (Fsp3) is 0.208. The SMILES string of the molecule is c1ccc(-c2cncc3[nH]c(-c4n[nH]c5ccc(C6CCNCC6)cc45)cc23)nc1. The minimum atomic E-state index is 0.612. The van der Waals surface area contributed by atoms with Crippen molar-refractivity contribution in [2.75, 3.05) is 13.1 Å². The van der Waals surface area contributed by atoms with E-state index in [4.69, 9.17) is 0 Å². The second-order valence-corrected chi connectivity index (χ2v) is 7.95. The van der Waals surface area contributed by atoms with Gasteiger partial charge in [0.05, 0.1) is 28.6 Å². The molecule has 0 bridgehead atoms. The van der Waals surface area contributed by atoms with Gasteiger partial charge in [0.15, 0.2) is 0 Å². The maximum Gasteiger partial charge on any atom is 0.116 e. The highest BCUT2D eigenvalue weighted by molar-refractivity contribution is 6.00. The molecule has 0 atom stereocenters. The van der Waals surface area contributed by atoms with Crippen molar-refractivity contribution in [3.05, 3.63) is 66.6 Å². The molecule has 6 rings (SSSR count). The van der Waals surface area contributed by atoms with E-state index in [1.54, 1.807) is 0 Å². The monoisotopic (exact) mass is 394 g/mol. The normalized spacial score (nSPS) is 15.2. The minimum Gasteiger partial charge on any atom is -0.352 e. The number of hydrogen-bond acceptors (Lipinski definition) is 4. The summed E-state index contributed by atoms with van der Waals surface area (Å²) in [5.41, 5.74) is 7.32. The van der Waals surface area contributed by atoms with Gasteiger partial charge in [0.1, 0.15) is 5.69 Å². The summed E-state index contributed by atoms with van der Waals surface area (Å²) in [5, 5.41) is 13.6. The Hall–Kier alpha value is -3.51. The number of pyridine rings is 2. The number of nitrogens with zero attached hydrogens (tertiary/aromatic N) is 3. The third-order valence-corrected chi connectivity index (χ3v) is 6.14. The number of nitrogens with one attached hydrogen (secondary N) is 3. The molecule has 4 aromatic heterocycles. The Bertz CT molecular complexity index is 1330. The van der Waals surface area contributed by atoms with Crippen LogP contribution in [0.15, 0.2) is 61.1 Å². The lowest BCUT2D eigenvalue weighted by Crippen LogP contribution is -2.26. The molecule has 0 saturated carbocycles. The summed E-state index contributed by atoms with van der Waals surface area (Å²) < 4.78 is 0. The van der Waals surface area contributed by atoms with Gasteiger partial charge in [-0.2, -0.15) is 5.10 Å². The summed E-state index contributed by atoms with van der Waals surface area (Å²) >= 11 is 0. The molecule has 1 saturated heterocycles. The van der Waals surface area contributed by atoms with Gasteiger partial charge in [-0.3, -0.25) is 15.1 Å². The van der Waals surface area contributed by atoms with Crippen LogP contribution < -0.4 is 5.32 Å². The van der Waals surface area contributed by atoms with Gasteiger partial charge in [0, 0.05) is 28.7 Å². The fourth-order valence-electron chi connectivity index (χ4n) is 4.55. The number of fused-ring (bicyclic) bond motifs is 2. The molecule has 1 aliphatic rings. The molecule has 6 nitrogen and oxygen atoms in total. The summed E-state index contributed by atoms with van der Waals surface area (Å²) in [5.74, 6) is 0.612. The van der Waals surface area contributed by atoms with Gasteiger partial charge in [-0.05, 0) is 67.7 Å². The molecule has 5 heterocycles. The van der Waals surface area contributed by atoms with E-state index in [0.717, 1.165) is 57.5 Å². The summed E-state index contributed by atoms with van der Waals surface area (Å²) in [7, 11) is 0. The molecule has 6 heteroatoms. The van der Waals surface area contributed by atoms with Crippen molar-refractivity contribution in [2.24, 2.45) is 0 Å². The number of H-pyrrole nitrogens is 2. The Labute approximate surface area is 173 Å². The maximum atomic E-state index is 4.64. The molecule has 1 fully saturated rings. The summed E-state index contributed by atoms with van der Waals surface area (Å²) in [6.45, 7) is 2.18. The first-order valence-electron chi connectivity index (χ1n) is 10.4. The topological polar surface area (TPSA) is 82.3 Å². The van der Waals surface area contributed by atoms with Crippen LogP contribution >= 0.6 is 0 Å². The molecule has 30 heavy (non-hydrogen) atoms. The Morgan fingerprint density at radius 3 is 2.70 bits per heavy atom. The first kappa shape index (κ1) is 17.4. The van der Waals surface area contributed by atoms with Crippen molar-refractivity contribution < 1.29 is 0 Å². The lowest BCUT2D eigenvalue weighted by Gasteiger charge is -2.23. The number of benzene rings is 1. The molecule has 0 radical (unpaired) electrons. The van der Waals surface area contributed by atoms with Crippen LogP contribution in [-0.4, -0.2) is 38.2 Å². The molecular weight excluding hydrogens is 372 g/mol.